The molecule has 0 unspecified atom stereocenters. The summed E-state index contributed by atoms with van der Waals surface area (Å²) in [7, 11) is 0. The summed E-state index contributed by atoms with van der Waals surface area (Å²) in [6.45, 7) is 1.99. The number of hydrogen-bond donors (Lipinski definition) is 1. The molecule has 0 saturated carbocycles. The van der Waals surface area contributed by atoms with E-state index in [0.717, 1.165) is 11.1 Å². The van der Waals surface area contributed by atoms with Gasteiger partial charge in [-0.1, -0.05) is 36.5 Å². The highest BCUT2D eigenvalue weighted by Gasteiger charge is 1.96. The van der Waals surface area contributed by atoms with E-state index in [1.165, 1.54) is 0 Å². The van der Waals surface area contributed by atoms with Gasteiger partial charge in [-0.3, -0.25) is 0 Å². The molecule has 0 aromatic heterocycles. The third kappa shape index (κ3) is 1.33. The quantitative estimate of drug-likeness (QED) is 0.617. The van der Waals surface area contributed by atoms with Gasteiger partial charge in [0.25, 0.3) is 0 Å². The van der Waals surface area contributed by atoms with Crippen molar-refractivity contribution in [2.75, 3.05) is 0 Å². The normalized spacial score (nSPS) is 9.30. The van der Waals surface area contributed by atoms with Crippen LogP contribution in [0.2, 0.25) is 0 Å². The van der Waals surface area contributed by atoms with E-state index in [1.807, 2.05) is 31.2 Å². The minimum atomic E-state index is 0.470. The van der Waals surface area contributed by atoms with Crippen molar-refractivity contribution in [2.45, 2.75) is 6.92 Å². The Bertz CT molecular complexity index is 255. The first-order valence-corrected chi connectivity index (χ1v) is 3.48. The van der Waals surface area contributed by atoms with Crippen LogP contribution in [-0.4, -0.2) is 4.99 Å². The molecular weight excluding hydrogens is 142 g/mol. The highest BCUT2D eigenvalue weighted by molar-refractivity contribution is 7.80. The van der Waals surface area contributed by atoms with E-state index in [1.54, 1.807) is 0 Å². The van der Waals surface area contributed by atoms with Crippen LogP contribution in [0.5, 0.6) is 0 Å². The number of aryl methyl sites for hydroxylation is 1. The van der Waals surface area contributed by atoms with Gasteiger partial charge in [0, 0.05) is 5.56 Å². The van der Waals surface area contributed by atoms with E-state index in [-0.39, 0.29) is 0 Å². The maximum Gasteiger partial charge on any atom is 0.104 e. The second kappa shape index (κ2) is 2.80. The molecule has 2 heteroatoms. The first-order chi connectivity index (χ1) is 4.72. The molecule has 0 amide bonds. The van der Waals surface area contributed by atoms with Gasteiger partial charge in [-0.15, -0.1) is 0 Å². The molecule has 1 rings (SSSR count). The zero-order valence-electron chi connectivity index (χ0n) is 5.79. The van der Waals surface area contributed by atoms with Crippen molar-refractivity contribution in [3.63, 3.8) is 0 Å². The lowest BCUT2D eigenvalue weighted by atomic mass is 10.1. The van der Waals surface area contributed by atoms with Crippen molar-refractivity contribution in [3.8, 4) is 0 Å². The zero-order valence-corrected chi connectivity index (χ0v) is 6.61. The summed E-state index contributed by atoms with van der Waals surface area (Å²) < 4.78 is 0. The molecule has 1 aromatic rings. The molecule has 0 bridgehead atoms. The van der Waals surface area contributed by atoms with E-state index >= 15 is 0 Å². The molecular formula is C8H9NS. The molecule has 10 heavy (non-hydrogen) atoms. The largest absolute Gasteiger partial charge is 0.389 e. The second-order valence-corrected chi connectivity index (χ2v) is 2.62. The number of hydrogen-bond acceptors (Lipinski definition) is 1. The number of benzene rings is 1. The van der Waals surface area contributed by atoms with Gasteiger partial charge in [-0.25, -0.2) is 0 Å². The molecule has 1 aromatic carbocycles. The molecule has 2 N–H and O–H groups in total. The number of thiocarbonyl (C=S) groups is 1. The van der Waals surface area contributed by atoms with Crippen molar-refractivity contribution < 1.29 is 0 Å². The van der Waals surface area contributed by atoms with Gasteiger partial charge >= 0.3 is 0 Å². The average Bonchev–Trinajstić information content (AvgIpc) is 1.88. The number of rotatable bonds is 1. The maximum atomic E-state index is 5.45. The average molecular weight is 151 g/mol. The van der Waals surface area contributed by atoms with E-state index < -0.39 is 0 Å². The van der Waals surface area contributed by atoms with Crippen LogP contribution in [-0.2, 0) is 0 Å². The monoisotopic (exact) mass is 151 g/mol. The number of nitrogens with two attached hydrogens (primary N) is 1. The van der Waals surface area contributed by atoms with E-state index in [2.05, 4.69) is 0 Å². The standard InChI is InChI=1S/C8H9NS/c1-6-4-2-3-5-7(6)8(9)10/h2-5H,1H3,(H2,9,10). The lowest BCUT2D eigenvalue weighted by Crippen LogP contribution is -2.10. The van der Waals surface area contributed by atoms with Crippen molar-refractivity contribution in [1.29, 1.82) is 0 Å². The predicted molar refractivity (Wildman–Crippen MR) is 47.1 cm³/mol. The lowest BCUT2D eigenvalue weighted by molar-refractivity contribution is 1.44. The van der Waals surface area contributed by atoms with E-state index in [4.69, 9.17) is 18.0 Å². The molecule has 0 aliphatic heterocycles. The minimum absolute atomic E-state index is 0.470. The molecule has 0 fully saturated rings. The van der Waals surface area contributed by atoms with Crippen molar-refractivity contribution >= 4 is 17.2 Å². The smallest absolute Gasteiger partial charge is 0.104 e. The van der Waals surface area contributed by atoms with E-state index in [9.17, 15) is 0 Å². The molecule has 0 aliphatic carbocycles. The Morgan fingerprint density at radius 2 is 2.00 bits per heavy atom. The van der Waals surface area contributed by atoms with Gasteiger partial charge < -0.3 is 5.73 Å². The topological polar surface area (TPSA) is 26.0 Å². The molecule has 52 valence electrons. The van der Waals surface area contributed by atoms with Crippen LogP contribution in [0.3, 0.4) is 0 Å². The fourth-order valence-corrected chi connectivity index (χ4v) is 1.08. The Morgan fingerprint density at radius 1 is 1.40 bits per heavy atom. The van der Waals surface area contributed by atoms with Gasteiger partial charge in [0.05, 0.1) is 0 Å². The Kier molecular flexibility index (Phi) is 2.02. The summed E-state index contributed by atoms with van der Waals surface area (Å²) in [5.74, 6) is 0. The Labute approximate surface area is 65.9 Å². The molecule has 0 aliphatic rings. The minimum Gasteiger partial charge on any atom is -0.389 e. The predicted octanol–water partition coefficient (Wildman–Crippen LogP) is 1.63. The van der Waals surface area contributed by atoms with Gasteiger partial charge in [-0.05, 0) is 12.5 Å². The zero-order chi connectivity index (χ0) is 7.56. The van der Waals surface area contributed by atoms with Crippen LogP contribution in [0.1, 0.15) is 11.1 Å². The maximum absolute atomic E-state index is 5.45. The van der Waals surface area contributed by atoms with Gasteiger partial charge in [0.1, 0.15) is 4.99 Å². The fraction of sp³-hybridized carbons (Fsp3) is 0.125. The van der Waals surface area contributed by atoms with Crippen LogP contribution in [0, 0.1) is 6.92 Å². The lowest BCUT2D eigenvalue weighted by Gasteiger charge is -2.00. The fourth-order valence-electron chi connectivity index (χ4n) is 0.849. The van der Waals surface area contributed by atoms with Crippen molar-refractivity contribution in [3.05, 3.63) is 35.4 Å². The first-order valence-electron chi connectivity index (χ1n) is 3.07. The second-order valence-electron chi connectivity index (χ2n) is 2.18. The summed E-state index contributed by atoms with van der Waals surface area (Å²) in [6, 6.07) is 7.82. The summed E-state index contributed by atoms with van der Waals surface area (Å²) >= 11 is 4.83. The van der Waals surface area contributed by atoms with Crippen molar-refractivity contribution in [1.82, 2.24) is 0 Å². The van der Waals surface area contributed by atoms with Crippen LogP contribution in [0.4, 0.5) is 0 Å². The highest BCUT2D eigenvalue weighted by atomic mass is 32.1. The Balaban J connectivity index is 3.15. The Morgan fingerprint density at radius 3 is 2.40 bits per heavy atom. The third-order valence-electron chi connectivity index (χ3n) is 1.41. The molecule has 1 nitrogen and oxygen atoms in total. The summed E-state index contributed by atoms with van der Waals surface area (Å²) in [4.78, 5) is 0.470. The molecule has 0 radical (unpaired) electrons. The SMILES string of the molecule is Cc1ccccc1C(N)=S. The molecule has 0 saturated heterocycles. The van der Waals surface area contributed by atoms with E-state index in [0.29, 0.717) is 4.99 Å². The highest BCUT2D eigenvalue weighted by Crippen LogP contribution is 2.05. The summed E-state index contributed by atoms with van der Waals surface area (Å²) in [5.41, 5.74) is 7.55. The van der Waals surface area contributed by atoms with Crippen molar-refractivity contribution in [2.24, 2.45) is 5.73 Å². The summed E-state index contributed by atoms with van der Waals surface area (Å²) in [6.07, 6.45) is 0. The molecule has 0 spiro atoms. The Hall–Kier alpha value is -0.890. The van der Waals surface area contributed by atoms with Gasteiger partial charge in [-0.2, -0.15) is 0 Å². The molecule has 0 heterocycles. The van der Waals surface area contributed by atoms with Gasteiger partial charge in [0.15, 0.2) is 0 Å². The first kappa shape index (κ1) is 7.22. The van der Waals surface area contributed by atoms with Crippen LogP contribution >= 0.6 is 12.2 Å². The van der Waals surface area contributed by atoms with Crippen LogP contribution in [0.25, 0.3) is 0 Å². The van der Waals surface area contributed by atoms with Crippen LogP contribution in [0.15, 0.2) is 24.3 Å². The summed E-state index contributed by atoms with van der Waals surface area (Å²) in [5, 5.41) is 0. The molecule has 0 atom stereocenters. The van der Waals surface area contributed by atoms with Crippen LogP contribution < -0.4 is 5.73 Å². The third-order valence-corrected chi connectivity index (χ3v) is 1.63. The van der Waals surface area contributed by atoms with Gasteiger partial charge in [0.2, 0.25) is 0 Å².